The van der Waals surface area contributed by atoms with Gasteiger partial charge in [0.15, 0.2) is 0 Å². The minimum Gasteiger partial charge on any atom is -0.481 e. The predicted molar refractivity (Wildman–Crippen MR) is 76.1 cm³/mol. The number of carbonyl (C=O) groups excluding carboxylic acids is 1. The highest BCUT2D eigenvalue weighted by Gasteiger charge is 2.31. The molecule has 0 radical (unpaired) electrons. The summed E-state index contributed by atoms with van der Waals surface area (Å²) in [5, 5.41) is 16.7. The minimum absolute atomic E-state index is 0.156. The average Bonchev–Trinajstić information content (AvgIpc) is 3.16. The van der Waals surface area contributed by atoms with Gasteiger partial charge in [-0.25, -0.2) is 0 Å². The number of carboxylic acid groups (broad SMARTS) is 1. The van der Waals surface area contributed by atoms with Crippen LogP contribution in [-0.4, -0.2) is 45.2 Å². The Morgan fingerprint density at radius 3 is 2.55 bits per heavy atom. The lowest BCUT2D eigenvalue weighted by molar-refractivity contribution is -0.141. The zero-order valence-corrected chi connectivity index (χ0v) is 12.0. The number of carbonyl (C=O) groups is 2. The molecule has 7 nitrogen and oxygen atoms in total. The monoisotopic (exact) mass is 301 g/mol. The van der Waals surface area contributed by atoms with Crippen molar-refractivity contribution in [3.8, 4) is 11.5 Å². The van der Waals surface area contributed by atoms with Gasteiger partial charge in [-0.1, -0.05) is 0 Å². The van der Waals surface area contributed by atoms with Crippen LogP contribution in [0.1, 0.15) is 22.7 Å². The summed E-state index contributed by atoms with van der Waals surface area (Å²) in [5.41, 5.74) is 1.26. The van der Waals surface area contributed by atoms with E-state index in [1.807, 2.05) is 0 Å². The van der Waals surface area contributed by atoms with Gasteiger partial charge in [-0.3, -0.25) is 9.59 Å². The molecule has 1 fully saturated rings. The van der Waals surface area contributed by atoms with Gasteiger partial charge in [0.1, 0.15) is 0 Å². The summed E-state index contributed by atoms with van der Waals surface area (Å²) >= 11 is 0. The van der Waals surface area contributed by atoms with E-state index in [2.05, 4.69) is 10.2 Å². The molecule has 0 bridgehead atoms. The first-order valence-corrected chi connectivity index (χ1v) is 6.97. The molecule has 3 rings (SSSR count). The Labute approximate surface area is 126 Å². The van der Waals surface area contributed by atoms with Crippen LogP contribution < -0.4 is 0 Å². The largest absolute Gasteiger partial charge is 0.481 e. The van der Waals surface area contributed by atoms with E-state index in [4.69, 9.17) is 9.52 Å². The fourth-order valence-corrected chi connectivity index (χ4v) is 2.50. The Morgan fingerprint density at radius 2 is 2.00 bits per heavy atom. The lowest BCUT2D eigenvalue weighted by atomic mass is 10.1. The van der Waals surface area contributed by atoms with E-state index in [9.17, 15) is 9.59 Å². The van der Waals surface area contributed by atoms with E-state index in [1.165, 1.54) is 0 Å². The third kappa shape index (κ3) is 2.69. The van der Waals surface area contributed by atoms with Gasteiger partial charge in [-0.15, -0.1) is 10.2 Å². The SMILES string of the molecule is Cc1nnc(-c2ccc(C(=O)N3CCC(C(=O)O)C3)cc2)o1. The molecule has 1 aliphatic rings. The average molecular weight is 301 g/mol. The standard InChI is InChI=1S/C15H15N3O4/c1-9-16-17-13(22-9)10-2-4-11(5-3-10)14(19)18-7-6-12(8-18)15(20)21/h2-5,12H,6-8H2,1H3,(H,20,21). The molecule has 0 aliphatic carbocycles. The highest BCUT2D eigenvalue weighted by atomic mass is 16.4. The van der Waals surface area contributed by atoms with E-state index in [0.29, 0.717) is 30.3 Å². The molecule has 22 heavy (non-hydrogen) atoms. The number of aromatic nitrogens is 2. The molecular weight excluding hydrogens is 286 g/mol. The smallest absolute Gasteiger partial charge is 0.308 e. The summed E-state index contributed by atoms with van der Waals surface area (Å²) in [5.74, 6) is -0.588. The molecule has 1 unspecified atom stereocenters. The minimum atomic E-state index is -0.850. The molecule has 1 N–H and O–H groups in total. The number of rotatable bonds is 3. The van der Waals surface area contributed by atoms with Gasteiger partial charge < -0.3 is 14.4 Å². The second-order valence-electron chi connectivity index (χ2n) is 5.28. The molecule has 1 amide bonds. The summed E-state index contributed by atoms with van der Waals surface area (Å²) in [7, 11) is 0. The normalized spacial score (nSPS) is 17.7. The second-order valence-corrected chi connectivity index (χ2v) is 5.28. The fraction of sp³-hybridized carbons (Fsp3) is 0.333. The van der Waals surface area contributed by atoms with Crippen LogP contribution >= 0.6 is 0 Å². The Hall–Kier alpha value is -2.70. The number of nitrogens with zero attached hydrogens (tertiary/aromatic N) is 3. The number of benzene rings is 1. The summed E-state index contributed by atoms with van der Waals surface area (Å²) in [6, 6.07) is 6.85. The van der Waals surface area contributed by atoms with Crippen LogP contribution in [0.25, 0.3) is 11.5 Å². The lowest BCUT2D eigenvalue weighted by Crippen LogP contribution is -2.29. The number of likely N-dealkylation sites (tertiary alicyclic amines) is 1. The zero-order chi connectivity index (χ0) is 15.7. The summed E-state index contributed by atoms with van der Waals surface area (Å²) in [4.78, 5) is 24.9. The maximum atomic E-state index is 12.3. The predicted octanol–water partition coefficient (Wildman–Crippen LogP) is 1.59. The molecule has 1 saturated heterocycles. The van der Waals surface area contributed by atoms with E-state index in [-0.39, 0.29) is 12.5 Å². The number of carboxylic acids is 1. The summed E-state index contributed by atoms with van der Waals surface area (Å²) in [6.45, 7) is 2.44. The fourth-order valence-electron chi connectivity index (χ4n) is 2.50. The summed E-state index contributed by atoms with van der Waals surface area (Å²) < 4.78 is 5.33. The first kappa shape index (κ1) is 14.2. The van der Waals surface area contributed by atoms with Crippen LogP contribution in [-0.2, 0) is 4.79 Å². The van der Waals surface area contributed by atoms with E-state index >= 15 is 0 Å². The molecule has 7 heteroatoms. The van der Waals surface area contributed by atoms with Crippen LogP contribution in [0.3, 0.4) is 0 Å². The van der Waals surface area contributed by atoms with E-state index in [0.717, 1.165) is 5.56 Å². The van der Waals surface area contributed by atoms with Crippen molar-refractivity contribution < 1.29 is 19.1 Å². The van der Waals surface area contributed by atoms with Gasteiger partial charge in [0.05, 0.1) is 5.92 Å². The van der Waals surface area contributed by atoms with Gasteiger partial charge in [0.25, 0.3) is 5.91 Å². The van der Waals surface area contributed by atoms with Crippen molar-refractivity contribution in [1.82, 2.24) is 15.1 Å². The lowest BCUT2D eigenvalue weighted by Gasteiger charge is -2.15. The second kappa shape index (κ2) is 5.59. The number of aryl methyl sites for hydroxylation is 1. The van der Waals surface area contributed by atoms with Gasteiger partial charge >= 0.3 is 5.97 Å². The van der Waals surface area contributed by atoms with Crippen LogP contribution in [0, 0.1) is 12.8 Å². The maximum absolute atomic E-state index is 12.3. The van der Waals surface area contributed by atoms with Crippen molar-refractivity contribution >= 4 is 11.9 Å². The Balaban J connectivity index is 1.73. The third-order valence-corrected chi connectivity index (χ3v) is 3.73. The number of hydrogen-bond acceptors (Lipinski definition) is 5. The Morgan fingerprint density at radius 1 is 1.27 bits per heavy atom. The van der Waals surface area contributed by atoms with Gasteiger partial charge in [-0.2, -0.15) is 0 Å². The van der Waals surface area contributed by atoms with Gasteiger partial charge in [0.2, 0.25) is 11.8 Å². The molecule has 114 valence electrons. The van der Waals surface area contributed by atoms with Crippen molar-refractivity contribution in [1.29, 1.82) is 0 Å². The maximum Gasteiger partial charge on any atom is 0.308 e. The molecule has 2 aromatic rings. The van der Waals surface area contributed by atoms with Crippen LogP contribution in [0.15, 0.2) is 28.7 Å². The molecular formula is C15H15N3O4. The zero-order valence-electron chi connectivity index (χ0n) is 12.0. The van der Waals surface area contributed by atoms with Crippen LogP contribution in [0.5, 0.6) is 0 Å². The Kier molecular flexibility index (Phi) is 3.62. The van der Waals surface area contributed by atoms with Crippen molar-refractivity contribution in [2.75, 3.05) is 13.1 Å². The topological polar surface area (TPSA) is 96.5 Å². The van der Waals surface area contributed by atoms with Crippen LogP contribution in [0.2, 0.25) is 0 Å². The van der Waals surface area contributed by atoms with Crippen molar-refractivity contribution in [2.45, 2.75) is 13.3 Å². The number of amides is 1. The summed E-state index contributed by atoms with van der Waals surface area (Å²) in [6.07, 6.45) is 0.500. The quantitative estimate of drug-likeness (QED) is 0.924. The molecule has 0 spiro atoms. The molecule has 1 aromatic carbocycles. The highest BCUT2D eigenvalue weighted by molar-refractivity contribution is 5.95. The molecule has 0 saturated carbocycles. The van der Waals surface area contributed by atoms with Crippen molar-refractivity contribution in [3.05, 3.63) is 35.7 Å². The van der Waals surface area contributed by atoms with Gasteiger partial charge in [-0.05, 0) is 30.7 Å². The molecule has 1 aliphatic heterocycles. The highest BCUT2D eigenvalue weighted by Crippen LogP contribution is 2.21. The molecule has 1 atom stereocenters. The van der Waals surface area contributed by atoms with Gasteiger partial charge in [0, 0.05) is 31.1 Å². The molecule has 2 heterocycles. The van der Waals surface area contributed by atoms with E-state index in [1.54, 1.807) is 36.1 Å². The number of aliphatic carboxylic acids is 1. The molecule has 1 aromatic heterocycles. The Bertz CT molecular complexity index is 708. The first-order valence-electron chi connectivity index (χ1n) is 6.97. The number of hydrogen-bond donors (Lipinski definition) is 1. The van der Waals surface area contributed by atoms with Crippen molar-refractivity contribution in [3.63, 3.8) is 0 Å². The first-order chi connectivity index (χ1) is 10.5. The van der Waals surface area contributed by atoms with Crippen LogP contribution in [0.4, 0.5) is 0 Å². The third-order valence-electron chi connectivity index (χ3n) is 3.73. The van der Waals surface area contributed by atoms with E-state index < -0.39 is 11.9 Å². The van der Waals surface area contributed by atoms with Crippen molar-refractivity contribution in [2.24, 2.45) is 5.92 Å².